The number of hydrogen-bond acceptors (Lipinski definition) is 7. The predicted molar refractivity (Wildman–Crippen MR) is 152 cm³/mol. The Kier molecular flexibility index (Phi) is 9.74. The predicted octanol–water partition coefficient (Wildman–Crippen LogP) is 4.28. The molecule has 4 heterocycles. The summed E-state index contributed by atoms with van der Waals surface area (Å²) in [7, 11) is 1.52. The third kappa shape index (κ3) is 7.54. The smallest absolute Gasteiger partial charge is 0.419 e. The van der Waals surface area contributed by atoms with E-state index in [1.165, 1.54) is 16.6 Å². The Hall–Kier alpha value is -4.34. The van der Waals surface area contributed by atoms with Crippen LogP contribution in [0.15, 0.2) is 42.7 Å². The van der Waals surface area contributed by atoms with Crippen LogP contribution in [0.2, 0.25) is 0 Å². The molecule has 0 aliphatic carbocycles. The van der Waals surface area contributed by atoms with E-state index in [1.54, 1.807) is 34.1 Å². The minimum atomic E-state index is -4.72. The van der Waals surface area contributed by atoms with Crippen molar-refractivity contribution >= 4 is 17.8 Å². The fourth-order valence-electron chi connectivity index (χ4n) is 5.47. The number of benzene rings is 1. The fourth-order valence-corrected chi connectivity index (χ4v) is 5.47. The molecule has 0 unspecified atom stereocenters. The quantitative estimate of drug-likeness (QED) is 0.238. The zero-order valence-corrected chi connectivity index (χ0v) is 24.9. The molecule has 2 aliphatic rings. The highest BCUT2D eigenvalue weighted by molar-refractivity contribution is 5.95. The molecule has 16 heteroatoms. The molecule has 0 saturated carbocycles. The minimum Gasteiger partial charge on any atom is -0.497 e. The molecule has 0 atom stereocenters. The van der Waals surface area contributed by atoms with E-state index in [2.05, 4.69) is 9.97 Å². The Labute approximate surface area is 260 Å². The van der Waals surface area contributed by atoms with E-state index in [0.717, 1.165) is 24.0 Å². The number of aromatic nitrogens is 3. The van der Waals surface area contributed by atoms with Crippen molar-refractivity contribution in [1.82, 2.24) is 24.3 Å². The van der Waals surface area contributed by atoms with Gasteiger partial charge >= 0.3 is 12.4 Å². The number of anilines is 1. The molecular formula is C30H32F6N6O4. The van der Waals surface area contributed by atoms with Gasteiger partial charge in [-0.05, 0) is 23.8 Å². The van der Waals surface area contributed by atoms with E-state index in [4.69, 9.17) is 9.47 Å². The van der Waals surface area contributed by atoms with Gasteiger partial charge in [-0.15, -0.1) is 0 Å². The summed E-state index contributed by atoms with van der Waals surface area (Å²) in [5.41, 5.74) is -1.22. The van der Waals surface area contributed by atoms with Gasteiger partial charge in [-0.25, -0.2) is 9.97 Å². The van der Waals surface area contributed by atoms with E-state index in [9.17, 15) is 35.9 Å². The third-order valence-corrected chi connectivity index (χ3v) is 7.95. The SMILES string of the molecule is COc1ccc(CN2CCn3c(CCOCCC(=O)N4CCN(c5ncc(C(F)(F)F)cn5)CC4)cc(C(F)(F)F)c3C2=O)cc1. The molecule has 3 aromatic rings. The van der Waals surface area contributed by atoms with E-state index in [-0.39, 0.29) is 57.5 Å². The van der Waals surface area contributed by atoms with Crippen LogP contribution in [0.3, 0.4) is 0 Å². The summed E-state index contributed by atoms with van der Waals surface area (Å²) in [6, 6.07) is 7.97. The van der Waals surface area contributed by atoms with Gasteiger partial charge in [0.25, 0.3) is 5.91 Å². The molecule has 2 amide bonds. The Bertz CT molecular complexity index is 1520. The molecule has 2 aromatic heterocycles. The molecule has 2 aliphatic heterocycles. The normalized spacial score (nSPS) is 15.7. The first-order chi connectivity index (χ1) is 21.8. The van der Waals surface area contributed by atoms with Crippen molar-refractivity contribution in [2.45, 2.75) is 38.3 Å². The van der Waals surface area contributed by atoms with Gasteiger partial charge in [-0.2, -0.15) is 26.3 Å². The lowest BCUT2D eigenvalue weighted by Crippen LogP contribution is -2.49. The van der Waals surface area contributed by atoms with Gasteiger partial charge in [0, 0.05) is 70.3 Å². The van der Waals surface area contributed by atoms with Gasteiger partial charge in [0.1, 0.15) is 11.4 Å². The van der Waals surface area contributed by atoms with Crippen molar-refractivity contribution in [3.8, 4) is 5.75 Å². The Balaban J connectivity index is 1.10. The van der Waals surface area contributed by atoms with Gasteiger partial charge in [-0.1, -0.05) is 12.1 Å². The number of halogens is 6. The second-order valence-electron chi connectivity index (χ2n) is 10.9. The molecule has 5 rings (SSSR count). The van der Waals surface area contributed by atoms with Crippen molar-refractivity contribution in [3.05, 3.63) is 70.8 Å². The van der Waals surface area contributed by atoms with Crippen LogP contribution in [0.25, 0.3) is 0 Å². The number of fused-ring (bicyclic) bond motifs is 1. The van der Waals surface area contributed by atoms with Gasteiger partial charge < -0.3 is 28.7 Å². The van der Waals surface area contributed by atoms with Gasteiger partial charge in [0.05, 0.1) is 37.9 Å². The molecule has 1 aromatic carbocycles. The van der Waals surface area contributed by atoms with Crippen LogP contribution in [0.1, 0.15) is 39.3 Å². The third-order valence-electron chi connectivity index (χ3n) is 7.95. The number of nitrogens with zero attached hydrogens (tertiary/aromatic N) is 6. The van der Waals surface area contributed by atoms with Crippen molar-refractivity contribution < 1.29 is 45.4 Å². The molecule has 0 N–H and O–H groups in total. The highest BCUT2D eigenvalue weighted by atomic mass is 19.4. The summed E-state index contributed by atoms with van der Waals surface area (Å²) in [5.74, 6) is -0.102. The summed E-state index contributed by atoms with van der Waals surface area (Å²) in [6.07, 6.45) is -7.63. The second kappa shape index (κ2) is 13.6. The van der Waals surface area contributed by atoms with Gasteiger partial charge in [-0.3, -0.25) is 9.59 Å². The molecule has 0 bridgehead atoms. The average Bonchev–Trinajstić information content (AvgIpc) is 3.42. The molecular weight excluding hydrogens is 622 g/mol. The molecule has 1 saturated heterocycles. The van der Waals surface area contributed by atoms with Crippen molar-refractivity contribution in [2.24, 2.45) is 0 Å². The van der Waals surface area contributed by atoms with Crippen LogP contribution in [0.4, 0.5) is 32.3 Å². The standard InChI is InChI=1S/C30H32F6N6O4/c1-45-23-4-2-20(3-5-23)19-41-12-13-42-22(16-24(30(34,35)36)26(42)27(41)44)6-14-46-15-7-25(43)39-8-10-40(11-9-39)28-37-17-21(18-38-28)29(31,32)33/h2-5,16-18H,6-15,19H2,1H3. The number of amides is 2. The zero-order chi connectivity index (χ0) is 33.1. The highest BCUT2D eigenvalue weighted by Gasteiger charge is 2.41. The molecule has 1 fully saturated rings. The minimum absolute atomic E-state index is 0.0509. The topological polar surface area (TPSA) is 93.0 Å². The first-order valence-corrected chi connectivity index (χ1v) is 14.6. The van der Waals surface area contributed by atoms with Gasteiger partial charge in [0.2, 0.25) is 11.9 Å². The molecule has 46 heavy (non-hydrogen) atoms. The second-order valence-corrected chi connectivity index (χ2v) is 10.9. The number of piperazine rings is 1. The number of alkyl halides is 6. The van der Waals surface area contributed by atoms with Crippen LogP contribution < -0.4 is 9.64 Å². The number of methoxy groups -OCH3 is 1. The highest BCUT2D eigenvalue weighted by Crippen LogP contribution is 2.36. The van der Waals surface area contributed by atoms with E-state index in [0.29, 0.717) is 37.6 Å². The maximum atomic E-state index is 14.0. The Morgan fingerprint density at radius 1 is 0.891 bits per heavy atom. The number of ether oxygens (including phenoxy) is 2. The summed E-state index contributed by atoms with van der Waals surface area (Å²) >= 11 is 0. The van der Waals surface area contributed by atoms with Crippen LogP contribution in [-0.4, -0.2) is 89.2 Å². The van der Waals surface area contributed by atoms with Crippen LogP contribution >= 0.6 is 0 Å². The lowest BCUT2D eigenvalue weighted by molar-refractivity contribution is -0.138. The Morgan fingerprint density at radius 2 is 1.57 bits per heavy atom. The van der Waals surface area contributed by atoms with Crippen molar-refractivity contribution in [2.75, 3.05) is 57.9 Å². The monoisotopic (exact) mass is 654 g/mol. The maximum absolute atomic E-state index is 14.0. The lowest BCUT2D eigenvalue weighted by Gasteiger charge is -2.34. The van der Waals surface area contributed by atoms with Crippen LogP contribution in [-0.2, 0) is 41.4 Å². The molecule has 248 valence electrons. The molecule has 0 spiro atoms. The first-order valence-electron chi connectivity index (χ1n) is 14.6. The molecule has 10 nitrogen and oxygen atoms in total. The lowest BCUT2D eigenvalue weighted by atomic mass is 10.1. The van der Waals surface area contributed by atoms with Crippen molar-refractivity contribution in [1.29, 1.82) is 0 Å². The maximum Gasteiger partial charge on any atom is 0.419 e. The van der Waals surface area contributed by atoms with E-state index in [1.807, 2.05) is 0 Å². The average molecular weight is 655 g/mol. The van der Waals surface area contributed by atoms with Crippen LogP contribution in [0.5, 0.6) is 5.75 Å². The number of hydrogen-bond donors (Lipinski definition) is 0. The van der Waals surface area contributed by atoms with E-state index < -0.39 is 35.1 Å². The number of rotatable bonds is 10. The largest absolute Gasteiger partial charge is 0.497 e. The summed E-state index contributed by atoms with van der Waals surface area (Å²) in [5, 5.41) is 0. The first kappa shape index (κ1) is 33.0. The van der Waals surface area contributed by atoms with E-state index >= 15 is 0 Å². The van der Waals surface area contributed by atoms with Crippen molar-refractivity contribution in [3.63, 3.8) is 0 Å². The van der Waals surface area contributed by atoms with Gasteiger partial charge in [0.15, 0.2) is 0 Å². The molecule has 0 radical (unpaired) electrons. The summed E-state index contributed by atoms with van der Waals surface area (Å²) in [4.78, 5) is 38.2. The summed E-state index contributed by atoms with van der Waals surface area (Å²) < 4.78 is 92.3. The van der Waals surface area contributed by atoms with Crippen LogP contribution in [0, 0.1) is 0 Å². The Morgan fingerprint density at radius 3 is 2.17 bits per heavy atom. The number of carbonyl (C=O) groups is 2. The fraction of sp³-hybridized carbons (Fsp3) is 0.467. The summed E-state index contributed by atoms with van der Waals surface area (Å²) in [6.45, 7) is 2.04. The number of carbonyl (C=O) groups excluding carboxylic acids is 2. The zero-order valence-electron chi connectivity index (χ0n) is 24.9.